The maximum Gasteiger partial charge on any atom is 0.118 e. The van der Waals surface area contributed by atoms with Crippen LogP contribution in [0.3, 0.4) is 0 Å². The number of rotatable bonds is 5. The lowest BCUT2D eigenvalue weighted by atomic mass is 9.92. The van der Waals surface area contributed by atoms with Gasteiger partial charge in [0.1, 0.15) is 5.75 Å². The molecular weight excluding hydrogens is 452 g/mol. The molecule has 0 spiro atoms. The lowest BCUT2D eigenvalue weighted by Crippen LogP contribution is -2.35. The summed E-state index contributed by atoms with van der Waals surface area (Å²) in [5, 5.41) is 1.28. The average molecular weight is 483 g/mol. The van der Waals surface area contributed by atoms with E-state index in [9.17, 15) is 0 Å². The lowest BCUT2D eigenvalue weighted by molar-refractivity contribution is 0.212. The van der Waals surface area contributed by atoms with Gasteiger partial charge < -0.3 is 9.30 Å². The van der Waals surface area contributed by atoms with Gasteiger partial charge in [-0.3, -0.25) is 4.90 Å². The molecule has 0 fully saturated rings. The molecule has 0 N–H and O–H groups in total. The van der Waals surface area contributed by atoms with Gasteiger partial charge in [-0.15, -0.1) is 0 Å². The Bertz CT molecular complexity index is 1570. The number of hydrogen-bond acceptors (Lipinski definition) is 2. The molecule has 0 radical (unpaired) electrons. The predicted octanol–water partition coefficient (Wildman–Crippen LogP) is 6.85. The number of benzene rings is 4. The normalized spacial score (nSPS) is 15.1. The third-order valence-electron chi connectivity index (χ3n) is 7.27. The number of ether oxygens (including phenoxy) is 1. The van der Waals surface area contributed by atoms with Crippen LogP contribution in [0.25, 0.3) is 10.9 Å². The van der Waals surface area contributed by atoms with Crippen molar-refractivity contribution in [3.63, 3.8) is 0 Å². The van der Waals surface area contributed by atoms with Crippen molar-refractivity contribution in [2.24, 2.45) is 0 Å². The van der Waals surface area contributed by atoms with E-state index in [1.165, 1.54) is 33.3 Å². The van der Waals surface area contributed by atoms with Gasteiger partial charge >= 0.3 is 0 Å². The van der Waals surface area contributed by atoms with Gasteiger partial charge in [-0.25, -0.2) is 0 Å². The second-order valence-electron chi connectivity index (χ2n) is 9.59. The summed E-state index contributed by atoms with van der Waals surface area (Å²) < 4.78 is 7.78. The average Bonchev–Trinajstić information content (AvgIpc) is 3.29. The van der Waals surface area contributed by atoms with E-state index in [0.29, 0.717) is 0 Å². The summed E-state index contributed by atoms with van der Waals surface area (Å²) in [6, 6.07) is 38.6. The van der Waals surface area contributed by atoms with Crippen molar-refractivity contribution >= 4 is 10.9 Å². The molecule has 5 aromatic rings. The van der Waals surface area contributed by atoms with Crippen LogP contribution >= 0.6 is 0 Å². The summed E-state index contributed by atoms with van der Waals surface area (Å²) in [5.74, 6) is 7.93. The molecule has 3 heteroatoms. The molecule has 4 aromatic carbocycles. The summed E-state index contributed by atoms with van der Waals surface area (Å²) in [5.41, 5.74) is 7.63. The smallest absolute Gasteiger partial charge is 0.118 e. The molecule has 1 unspecified atom stereocenters. The van der Waals surface area contributed by atoms with Crippen molar-refractivity contribution < 1.29 is 4.74 Å². The molecular formula is C34H30N2O. The van der Waals surface area contributed by atoms with Crippen LogP contribution in [0.4, 0.5) is 0 Å². The molecule has 0 amide bonds. The zero-order chi connectivity index (χ0) is 25.0. The van der Waals surface area contributed by atoms with Crippen molar-refractivity contribution in [1.29, 1.82) is 0 Å². The van der Waals surface area contributed by atoms with E-state index in [-0.39, 0.29) is 6.04 Å². The Morgan fingerprint density at radius 3 is 2.41 bits per heavy atom. The fourth-order valence-electron chi connectivity index (χ4n) is 5.34. The Labute approximate surface area is 218 Å². The molecule has 2 heterocycles. The summed E-state index contributed by atoms with van der Waals surface area (Å²) in [7, 11) is 1.69. The highest BCUT2D eigenvalue weighted by Gasteiger charge is 2.27. The van der Waals surface area contributed by atoms with E-state index in [2.05, 4.69) is 106 Å². The first kappa shape index (κ1) is 23.2. The minimum atomic E-state index is 0.0373. The van der Waals surface area contributed by atoms with Gasteiger partial charge in [0.2, 0.25) is 0 Å². The van der Waals surface area contributed by atoms with Gasteiger partial charge in [-0.1, -0.05) is 84.6 Å². The van der Waals surface area contributed by atoms with E-state index < -0.39 is 0 Å². The molecule has 0 saturated carbocycles. The maximum absolute atomic E-state index is 5.31. The van der Waals surface area contributed by atoms with Crippen molar-refractivity contribution in [3.8, 4) is 17.6 Å². The summed E-state index contributed by atoms with van der Waals surface area (Å²) in [6.07, 6.45) is 1.04. The SMILES string of the molecule is COc1ccc(C#CC2c3ccccc3CCN2Cc2cc3ccccc3n2Cc2ccccc2)cc1. The predicted molar refractivity (Wildman–Crippen MR) is 151 cm³/mol. The number of aromatic nitrogens is 1. The van der Waals surface area contributed by atoms with E-state index in [1.54, 1.807) is 7.11 Å². The lowest BCUT2D eigenvalue weighted by Gasteiger charge is -2.34. The van der Waals surface area contributed by atoms with E-state index in [0.717, 1.165) is 37.4 Å². The number of methoxy groups -OCH3 is 1. The second kappa shape index (κ2) is 10.4. The number of para-hydroxylation sites is 1. The number of nitrogens with zero attached hydrogens (tertiary/aromatic N) is 2. The summed E-state index contributed by atoms with van der Waals surface area (Å²) in [6.45, 7) is 2.68. The van der Waals surface area contributed by atoms with Crippen molar-refractivity contribution in [2.75, 3.05) is 13.7 Å². The van der Waals surface area contributed by atoms with Crippen LogP contribution in [0.5, 0.6) is 5.75 Å². The molecule has 0 bridgehead atoms. The van der Waals surface area contributed by atoms with E-state index in [1.807, 2.05) is 24.3 Å². The number of hydrogen-bond donors (Lipinski definition) is 0. The van der Waals surface area contributed by atoms with Gasteiger partial charge in [0, 0.05) is 36.4 Å². The summed E-state index contributed by atoms with van der Waals surface area (Å²) in [4.78, 5) is 2.54. The second-order valence-corrected chi connectivity index (χ2v) is 9.59. The third-order valence-corrected chi connectivity index (χ3v) is 7.27. The van der Waals surface area contributed by atoms with Crippen LogP contribution in [0.2, 0.25) is 0 Å². The molecule has 182 valence electrons. The van der Waals surface area contributed by atoms with Gasteiger partial charge in [0.15, 0.2) is 0 Å². The van der Waals surface area contributed by atoms with Crippen LogP contribution in [0.15, 0.2) is 109 Å². The fourth-order valence-corrected chi connectivity index (χ4v) is 5.34. The highest BCUT2D eigenvalue weighted by molar-refractivity contribution is 5.81. The standard InChI is InChI=1S/C34H30N2O/c1-37-31-18-15-26(16-19-31)17-20-34-32-13-7-5-11-28(32)21-22-35(34)25-30-23-29-12-6-8-14-33(29)36(30)24-27-9-3-2-4-10-27/h2-16,18-19,23,34H,21-22,24-25H2,1H3. The first-order chi connectivity index (χ1) is 18.3. The van der Waals surface area contributed by atoms with Crippen LogP contribution in [-0.2, 0) is 19.5 Å². The first-order valence-electron chi connectivity index (χ1n) is 12.9. The Morgan fingerprint density at radius 1 is 0.811 bits per heavy atom. The van der Waals surface area contributed by atoms with Crippen molar-refractivity contribution in [1.82, 2.24) is 9.47 Å². The minimum absolute atomic E-state index is 0.0373. The van der Waals surface area contributed by atoms with Crippen LogP contribution in [0.1, 0.15) is 34.0 Å². The molecule has 1 aliphatic heterocycles. The van der Waals surface area contributed by atoms with Crippen molar-refractivity contribution in [2.45, 2.75) is 25.6 Å². The molecule has 37 heavy (non-hydrogen) atoms. The van der Waals surface area contributed by atoms with Crippen LogP contribution in [-0.4, -0.2) is 23.1 Å². The zero-order valence-electron chi connectivity index (χ0n) is 21.1. The fraction of sp³-hybridized carbons (Fsp3) is 0.176. The van der Waals surface area contributed by atoms with Crippen molar-refractivity contribution in [3.05, 3.63) is 137 Å². The molecule has 1 aliphatic rings. The Kier molecular flexibility index (Phi) is 6.50. The van der Waals surface area contributed by atoms with Crippen LogP contribution in [0, 0.1) is 11.8 Å². The first-order valence-corrected chi connectivity index (χ1v) is 12.9. The number of fused-ring (bicyclic) bond motifs is 2. The molecule has 3 nitrogen and oxygen atoms in total. The van der Waals surface area contributed by atoms with Crippen LogP contribution < -0.4 is 4.74 Å². The maximum atomic E-state index is 5.31. The third kappa shape index (κ3) is 4.89. The highest BCUT2D eigenvalue weighted by atomic mass is 16.5. The molecule has 1 aromatic heterocycles. The molecule has 6 rings (SSSR count). The zero-order valence-corrected chi connectivity index (χ0v) is 21.1. The Morgan fingerprint density at radius 2 is 1.57 bits per heavy atom. The molecule has 0 aliphatic carbocycles. The molecule has 0 saturated heterocycles. The minimum Gasteiger partial charge on any atom is -0.497 e. The van der Waals surface area contributed by atoms with Gasteiger partial charge in [0.05, 0.1) is 13.2 Å². The van der Waals surface area contributed by atoms with Gasteiger partial charge in [-0.2, -0.15) is 0 Å². The highest BCUT2D eigenvalue weighted by Crippen LogP contribution is 2.32. The van der Waals surface area contributed by atoms with E-state index >= 15 is 0 Å². The monoisotopic (exact) mass is 482 g/mol. The quantitative estimate of drug-likeness (QED) is 0.255. The topological polar surface area (TPSA) is 17.4 Å². The largest absolute Gasteiger partial charge is 0.497 e. The Hall–Kier alpha value is -4.26. The Balaban J connectivity index is 1.37. The molecule has 1 atom stereocenters. The van der Waals surface area contributed by atoms with Gasteiger partial charge in [-0.05, 0) is 64.9 Å². The van der Waals surface area contributed by atoms with Gasteiger partial charge in [0.25, 0.3) is 0 Å². The van der Waals surface area contributed by atoms with E-state index in [4.69, 9.17) is 4.74 Å². The summed E-state index contributed by atoms with van der Waals surface area (Å²) >= 11 is 0.